The van der Waals surface area contributed by atoms with Gasteiger partial charge in [-0.15, -0.1) is 0 Å². The molecule has 2 aromatic heterocycles. The van der Waals surface area contributed by atoms with Crippen LogP contribution in [0.5, 0.6) is 0 Å². The van der Waals surface area contributed by atoms with E-state index in [1.165, 1.54) is 10.9 Å². The van der Waals surface area contributed by atoms with Crippen LogP contribution < -0.4 is 15.5 Å². The van der Waals surface area contributed by atoms with Gasteiger partial charge in [0.2, 0.25) is 5.95 Å². The fourth-order valence-corrected chi connectivity index (χ4v) is 5.93. The van der Waals surface area contributed by atoms with Crippen molar-refractivity contribution in [3.63, 3.8) is 0 Å². The van der Waals surface area contributed by atoms with Gasteiger partial charge in [0.1, 0.15) is 0 Å². The van der Waals surface area contributed by atoms with Crippen LogP contribution in [0.2, 0.25) is 0 Å². The van der Waals surface area contributed by atoms with Gasteiger partial charge in [-0.2, -0.15) is 0 Å². The minimum Gasteiger partial charge on any atom is -0.341 e. The van der Waals surface area contributed by atoms with Gasteiger partial charge in [-0.1, -0.05) is 25.1 Å². The van der Waals surface area contributed by atoms with E-state index in [-0.39, 0.29) is 16.7 Å². The number of amides is 2. The summed E-state index contributed by atoms with van der Waals surface area (Å²) >= 11 is 0.897. The van der Waals surface area contributed by atoms with Crippen LogP contribution in [0.25, 0.3) is 17.0 Å². The number of hydrogen-bond donors (Lipinski definition) is 2. The van der Waals surface area contributed by atoms with Crippen LogP contribution in [0.3, 0.4) is 0 Å². The summed E-state index contributed by atoms with van der Waals surface area (Å²) in [7, 11) is 0. The number of nitrogens with one attached hydrogen (secondary N) is 2. The van der Waals surface area contributed by atoms with Gasteiger partial charge in [-0.25, -0.2) is 9.97 Å². The van der Waals surface area contributed by atoms with E-state index in [0.29, 0.717) is 22.5 Å². The number of carbonyl (C=O) groups is 2. The summed E-state index contributed by atoms with van der Waals surface area (Å²) in [5, 5.41) is 7.04. The molecule has 2 aliphatic heterocycles. The number of aromatic nitrogens is 3. The van der Waals surface area contributed by atoms with Crippen LogP contribution in [-0.4, -0.2) is 44.7 Å². The molecule has 1 aromatic carbocycles. The second-order valence-electron chi connectivity index (χ2n) is 9.96. The fraction of sp³-hybridized carbons (Fsp3) is 0.393. The Morgan fingerprint density at radius 2 is 1.97 bits per heavy atom. The largest absolute Gasteiger partial charge is 0.341 e. The number of para-hydroxylation sites is 1. The lowest BCUT2D eigenvalue weighted by molar-refractivity contribution is -0.115. The molecule has 2 fully saturated rings. The highest BCUT2D eigenvalue weighted by Gasteiger charge is 2.35. The Kier molecular flexibility index (Phi) is 7.26. The first-order valence-electron chi connectivity index (χ1n) is 12.8. The molecule has 2 N–H and O–H groups in total. The number of thioether (sulfide) groups is 1. The van der Waals surface area contributed by atoms with Gasteiger partial charge >= 0.3 is 0 Å². The maximum atomic E-state index is 11.9. The summed E-state index contributed by atoms with van der Waals surface area (Å²) in [6.07, 6.45) is 6.46. The summed E-state index contributed by atoms with van der Waals surface area (Å²) < 4.78 is 0. The molecule has 4 heterocycles. The van der Waals surface area contributed by atoms with Crippen molar-refractivity contribution in [3.8, 4) is 0 Å². The third-order valence-electron chi connectivity index (χ3n) is 7.61. The Balaban J connectivity index is 1.24. The SMILES string of the molecule is CCC(C)(NCc1cc(C)nc2ccccc12)C1CCN(c2nccc(C=C3SC(=O)NC3=O)n2)CC1. The molecule has 3 aromatic rings. The molecular formula is C28H32N6O2S. The van der Waals surface area contributed by atoms with Crippen molar-refractivity contribution in [1.82, 2.24) is 25.6 Å². The lowest BCUT2D eigenvalue weighted by atomic mass is 9.77. The first-order valence-corrected chi connectivity index (χ1v) is 13.6. The number of rotatable bonds is 7. The standard InChI is InChI=1S/C28H32N6O2S/c1-4-28(3,30-17-19-15-18(2)31-23-8-6-5-7-22(19)23)20-10-13-34(14-11-20)26-29-12-9-21(32-26)16-24-25(35)33-27(36)37-24/h5-9,12,15-16,20,30H,4,10-11,13-14,17H2,1-3H3,(H,33,35,36). The lowest BCUT2D eigenvalue weighted by Crippen LogP contribution is -2.52. The molecule has 0 bridgehead atoms. The van der Waals surface area contributed by atoms with Crippen LogP contribution in [0.4, 0.5) is 10.7 Å². The third kappa shape index (κ3) is 5.52. The maximum absolute atomic E-state index is 11.9. The number of carbonyl (C=O) groups excluding carboxylic acids is 2. The van der Waals surface area contributed by atoms with Crippen LogP contribution >= 0.6 is 11.8 Å². The van der Waals surface area contributed by atoms with Crippen LogP contribution in [0.15, 0.2) is 47.5 Å². The molecule has 1 unspecified atom stereocenters. The molecule has 37 heavy (non-hydrogen) atoms. The van der Waals surface area contributed by atoms with Crippen molar-refractivity contribution < 1.29 is 9.59 Å². The van der Waals surface area contributed by atoms with Crippen LogP contribution in [0, 0.1) is 12.8 Å². The number of fused-ring (bicyclic) bond motifs is 1. The Morgan fingerprint density at radius 1 is 1.19 bits per heavy atom. The zero-order valence-corrected chi connectivity index (χ0v) is 22.3. The monoisotopic (exact) mass is 516 g/mol. The highest BCUT2D eigenvalue weighted by Crippen LogP contribution is 2.33. The fourth-order valence-electron chi connectivity index (χ4n) is 5.26. The Bertz CT molecular complexity index is 1370. The van der Waals surface area contributed by atoms with Gasteiger partial charge < -0.3 is 10.2 Å². The van der Waals surface area contributed by atoms with Gasteiger partial charge in [0.25, 0.3) is 11.1 Å². The van der Waals surface area contributed by atoms with Crippen LogP contribution in [-0.2, 0) is 11.3 Å². The number of imide groups is 1. The molecule has 192 valence electrons. The van der Waals surface area contributed by atoms with Crippen molar-refractivity contribution in [2.75, 3.05) is 18.0 Å². The Hall–Kier alpha value is -3.30. The van der Waals surface area contributed by atoms with Gasteiger partial charge in [0, 0.05) is 42.5 Å². The maximum Gasteiger partial charge on any atom is 0.290 e. The molecule has 0 saturated carbocycles. The van der Waals surface area contributed by atoms with Crippen LogP contribution in [0.1, 0.15) is 50.1 Å². The number of nitrogens with zero attached hydrogens (tertiary/aromatic N) is 4. The predicted octanol–water partition coefficient (Wildman–Crippen LogP) is 4.83. The van der Waals surface area contributed by atoms with E-state index in [0.717, 1.165) is 61.9 Å². The molecule has 0 aliphatic carbocycles. The van der Waals surface area contributed by atoms with Gasteiger partial charge in [0.15, 0.2) is 0 Å². The van der Waals surface area contributed by atoms with Gasteiger partial charge in [-0.3, -0.25) is 19.9 Å². The average molecular weight is 517 g/mol. The number of aryl methyl sites for hydroxylation is 1. The Labute approximate surface area is 221 Å². The second-order valence-corrected chi connectivity index (χ2v) is 11.0. The second kappa shape index (κ2) is 10.6. The molecule has 0 spiro atoms. The molecule has 2 aliphatic rings. The van der Waals surface area contributed by atoms with Gasteiger partial charge in [0.05, 0.1) is 16.1 Å². The first kappa shape index (κ1) is 25.4. The van der Waals surface area contributed by atoms with E-state index in [9.17, 15) is 9.59 Å². The van der Waals surface area contributed by atoms with E-state index in [1.807, 2.05) is 6.07 Å². The smallest absolute Gasteiger partial charge is 0.290 e. The lowest BCUT2D eigenvalue weighted by Gasteiger charge is -2.43. The summed E-state index contributed by atoms with van der Waals surface area (Å²) in [4.78, 5) is 39.7. The normalized spacial score (nSPS) is 19.4. The number of pyridine rings is 1. The zero-order chi connectivity index (χ0) is 26.0. The molecule has 9 heteroatoms. The van der Waals surface area contributed by atoms with E-state index in [1.54, 1.807) is 18.3 Å². The molecular weight excluding hydrogens is 484 g/mol. The van der Waals surface area contributed by atoms with E-state index >= 15 is 0 Å². The van der Waals surface area contributed by atoms with Crippen molar-refractivity contribution in [3.05, 3.63) is 64.5 Å². The molecule has 8 nitrogen and oxygen atoms in total. The van der Waals surface area contributed by atoms with E-state index < -0.39 is 0 Å². The molecule has 2 amide bonds. The zero-order valence-electron chi connectivity index (χ0n) is 21.5. The van der Waals surface area contributed by atoms with Crippen molar-refractivity contribution in [1.29, 1.82) is 0 Å². The van der Waals surface area contributed by atoms with E-state index in [2.05, 4.69) is 75.5 Å². The quantitative estimate of drug-likeness (QED) is 0.431. The van der Waals surface area contributed by atoms with Gasteiger partial charge in [-0.05, 0) is 80.6 Å². The number of piperidine rings is 1. The molecule has 2 saturated heterocycles. The summed E-state index contributed by atoms with van der Waals surface area (Å²) in [6.45, 7) is 9.21. The van der Waals surface area contributed by atoms with E-state index in [4.69, 9.17) is 0 Å². The summed E-state index contributed by atoms with van der Waals surface area (Å²) in [5.41, 5.74) is 4.01. The minimum atomic E-state index is -0.378. The average Bonchev–Trinajstić information content (AvgIpc) is 3.23. The third-order valence-corrected chi connectivity index (χ3v) is 8.42. The number of benzene rings is 1. The topological polar surface area (TPSA) is 100 Å². The minimum absolute atomic E-state index is 0.0110. The number of anilines is 1. The highest BCUT2D eigenvalue weighted by atomic mass is 32.2. The first-order chi connectivity index (χ1) is 17.8. The van der Waals surface area contributed by atoms with Crippen molar-refractivity contribution >= 4 is 45.8 Å². The Morgan fingerprint density at radius 3 is 2.70 bits per heavy atom. The molecule has 5 rings (SSSR count). The number of hydrogen-bond acceptors (Lipinski definition) is 8. The molecule has 1 atom stereocenters. The highest BCUT2D eigenvalue weighted by molar-refractivity contribution is 8.18. The predicted molar refractivity (Wildman–Crippen MR) is 148 cm³/mol. The van der Waals surface area contributed by atoms with Crippen molar-refractivity contribution in [2.24, 2.45) is 5.92 Å². The summed E-state index contributed by atoms with van der Waals surface area (Å²) in [5.74, 6) is 0.808. The molecule has 0 radical (unpaired) electrons. The van der Waals surface area contributed by atoms with Crippen molar-refractivity contribution in [2.45, 2.75) is 52.1 Å². The summed E-state index contributed by atoms with van der Waals surface area (Å²) in [6, 6.07) is 12.3.